The largest absolute Gasteiger partial charge is 0.454 e. The first-order valence-corrected chi connectivity index (χ1v) is 6.32. The Morgan fingerprint density at radius 2 is 2.26 bits per heavy atom. The van der Waals surface area contributed by atoms with Gasteiger partial charge in [0.05, 0.1) is 13.2 Å². The van der Waals surface area contributed by atoms with Crippen molar-refractivity contribution in [1.29, 1.82) is 0 Å². The first kappa shape index (κ1) is 12.3. The van der Waals surface area contributed by atoms with E-state index in [2.05, 4.69) is 10.6 Å². The Morgan fingerprint density at radius 3 is 3.11 bits per heavy atom. The van der Waals surface area contributed by atoms with Gasteiger partial charge in [-0.05, 0) is 18.2 Å². The summed E-state index contributed by atoms with van der Waals surface area (Å²) < 4.78 is 15.8. The fourth-order valence-corrected chi connectivity index (χ4v) is 2.11. The molecule has 1 aromatic carbocycles. The van der Waals surface area contributed by atoms with E-state index in [-0.39, 0.29) is 18.7 Å². The average Bonchev–Trinajstić information content (AvgIpc) is 2.93. The van der Waals surface area contributed by atoms with E-state index >= 15 is 0 Å². The van der Waals surface area contributed by atoms with Gasteiger partial charge in [-0.25, -0.2) is 0 Å². The topological polar surface area (TPSA) is 68.8 Å². The first-order chi connectivity index (χ1) is 9.33. The van der Waals surface area contributed by atoms with E-state index in [9.17, 15) is 4.79 Å². The van der Waals surface area contributed by atoms with Crippen LogP contribution in [0.4, 0.5) is 0 Å². The molecule has 6 heteroatoms. The lowest BCUT2D eigenvalue weighted by atomic mass is 10.2. The molecule has 1 unspecified atom stereocenters. The van der Waals surface area contributed by atoms with Gasteiger partial charge in [0.1, 0.15) is 0 Å². The molecule has 19 heavy (non-hydrogen) atoms. The van der Waals surface area contributed by atoms with E-state index in [0.717, 1.165) is 13.2 Å². The maximum Gasteiger partial charge on any atom is 0.251 e. The van der Waals surface area contributed by atoms with Crippen LogP contribution in [-0.2, 0) is 4.74 Å². The molecule has 1 aromatic rings. The van der Waals surface area contributed by atoms with Crippen molar-refractivity contribution in [2.24, 2.45) is 0 Å². The number of ether oxygens (including phenoxy) is 3. The summed E-state index contributed by atoms with van der Waals surface area (Å²) in [5, 5.41) is 6.17. The van der Waals surface area contributed by atoms with Crippen molar-refractivity contribution in [3.05, 3.63) is 23.8 Å². The lowest BCUT2D eigenvalue weighted by Crippen LogP contribution is -2.48. The molecule has 2 heterocycles. The molecule has 2 aliphatic heterocycles. The summed E-state index contributed by atoms with van der Waals surface area (Å²) >= 11 is 0. The van der Waals surface area contributed by atoms with Crippen molar-refractivity contribution in [2.45, 2.75) is 6.04 Å². The van der Waals surface area contributed by atoms with Crippen molar-refractivity contribution in [3.63, 3.8) is 0 Å². The van der Waals surface area contributed by atoms with E-state index in [0.29, 0.717) is 30.2 Å². The van der Waals surface area contributed by atoms with E-state index in [4.69, 9.17) is 14.2 Å². The fraction of sp³-hybridized carbons (Fsp3) is 0.462. The third-order valence-corrected chi connectivity index (χ3v) is 3.14. The highest BCUT2D eigenvalue weighted by Crippen LogP contribution is 2.32. The zero-order chi connectivity index (χ0) is 13.1. The standard InChI is InChI=1S/C13H16N2O4/c16-13(15-6-10-7-17-4-3-14-10)9-1-2-11-12(5-9)19-8-18-11/h1-2,5,10,14H,3-4,6-8H2,(H,15,16). The Balaban J connectivity index is 1.57. The number of fused-ring (bicyclic) bond motifs is 1. The summed E-state index contributed by atoms with van der Waals surface area (Å²) in [7, 11) is 0. The van der Waals surface area contributed by atoms with Crippen LogP contribution in [0.5, 0.6) is 11.5 Å². The van der Waals surface area contributed by atoms with Crippen molar-refractivity contribution in [3.8, 4) is 11.5 Å². The Kier molecular flexibility index (Phi) is 3.52. The van der Waals surface area contributed by atoms with Gasteiger partial charge in [-0.1, -0.05) is 0 Å². The van der Waals surface area contributed by atoms with Gasteiger partial charge in [0.15, 0.2) is 11.5 Å². The van der Waals surface area contributed by atoms with Crippen molar-refractivity contribution < 1.29 is 19.0 Å². The first-order valence-electron chi connectivity index (χ1n) is 6.32. The number of carbonyl (C=O) groups is 1. The summed E-state index contributed by atoms with van der Waals surface area (Å²) in [4.78, 5) is 12.0. The molecule has 2 aliphatic rings. The molecule has 0 aliphatic carbocycles. The van der Waals surface area contributed by atoms with Crippen LogP contribution in [0.3, 0.4) is 0 Å². The molecule has 1 atom stereocenters. The molecule has 0 saturated carbocycles. The minimum atomic E-state index is -0.120. The molecule has 0 aromatic heterocycles. The van der Waals surface area contributed by atoms with Crippen molar-refractivity contribution >= 4 is 5.91 Å². The second-order valence-electron chi connectivity index (χ2n) is 4.50. The highest BCUT2D eigenvalue weighted by Gasteiger charge is 2.18. The maximum atomic E-state index is 12.0. The number of carbonyl (C=O) groups excluding carboxylic acids is 1. The molecule has 102 valence electrons. The SMILES string of the molecule is O=C(NCC1COCCN1)c1ccc2c(c1)OCO2. The van der Waals surface area contributed by atoms with Crippen molar-refractivity contribution in [1.82, 2.24) is 10.6 Å². The van der Waals surface area contributed by atoms with Gasteiger partial charge in [-0.2, -0.15) is 0 Å². The second kappa shape index (κ2) is 5.46. The molecule has 6 nitrogen and oxygen atoms in total. The minimum Gasteiger partial charge on any atom is -0.454 e. The second-order valence-corrected chi connectivity index (χ2v) is 4.50. The Morgan fingerprint density at radius 1 is 1.37 bits per heavy atom. The van der Waals surface area contributed by atoms with Crippen LogP contribution in [-0.4, -0.2) is 45.0 Å². The lowest BCUT2D eigenvalue weighted by Gasteiger charge is -2.23. The van der Waals surface area contributed by atoms with Gasteiger partial charge in [-0.3, -0.25) is 4.79 Å². The van der Waals surface area contributed by atoms with E-state index in [1.54, 1.807) is 18.2 Å². The highest BCUT2D eigenvalue weighted by atomic mass is 16.7. The molecule has 1 fully saturated rings. The third kappa shape index (κ3) is 2.80. The third-order valence-electron chi connectivity index (χ3n) is 3.14. The lowest BCUT2D eigenvalue weighted by molar-refractivity contribution is 0.0734. The predicted molar refractivity (Wildman–Crippen MR) is 67.5 cm³/mol. The van der Waals surface area contributed by atoms with Crippen LogP contribution in [0, 0.1) is 0 Å². The molecular weight excluding hydrogens is 248 g/mol. The van der Waals surface area contributed by atoms with Gasteiger partial charge in [0, 0.05) is 24.7 Å². The molecule has 0 bridgehead atoms. The summed E-state index contributed by atoms with van der Waals surface area (Å²) in [6, 6.07) is 5.35. The van der Waals surface area contributed by atoms with Crippen LogP contribution >= 0.6 is 0 Å². The number of hydrogen-bond acceptors (Lipinski definition) is 5. The van der Waals surface area contributed by atoms with E-state index in [1.807, 2.05) is 0 Å². The number of amides is 1. The summed E-state index contributed by atoms with van der Waals surface area (Å²) in [5.74, 6) is 1.18. The minimum absolute atomic E-state index is 0.120. The molecule has 0 spiro atoms. The molecule has 1 amide bonds. The summed E-state index contributed by atoms with van der Waals surface area (Å²) in [6.45, 7) is 2.94. The van der Waals surface area contributed by atoms with Gasteiger partial charge in [-0.15, -0.1) is 0 Å². The van der Waals surface area contributed by atoms with E-state index < -0.39 is 0 Å². The average molecular weight is 264 g/mol. The van der Waals surface area contributed by atoms with Crippen LogP contribution in [0.15, 0.2) is 18.2 Å². The number of morpholine rings is 1. The Bertz CT molecular complexity index is 472. The van der Waals surface area contributed by atoms with E-state index in [1.165, 1.54) is 0 Å². The molecule has 1 saturated heterocycles. The number of nitrogens with one attached hydrogen (secondary N) is 2. The molecular formula is C13H16N2O4. The fourth-order valence-electron chi connectivity index (χ4n) is 2.11. The van der Waals surface area contributed by atoms with Gasteiger partial charge in [0.25, 0.3) is 5.91 Å². The van der Waals surface area contributed by atoms with Gasteiger partial charge in [0.2, 0.25) is 6.79 Å². The number of hydrogen-bond donors (Lipinski definition) is 2. The summed E-state index contributed by atoms with van der Waals surface area (Å²) in [6.07, 6.45) is 0. The zero-order valence-corrected chi connectivity index (χ0v) is 10.5. The quantitative estimate of drug-likeness (QED) is 0.812. The van der Waals surface area contributed by atoms with Crippen LogP contribution < -0.4 is 20.1 Å². The Labute approximate surface area is 111 Å². The summed E-state index contributed by atoms with van der Waals surface area (Å²) in [5.41, 5.74) is 0.570. The smallest absolute Gasteiger partial charge is 0.251 e. The van der Waals surface area contributed by atoms with Gasteiger partial charge >= 0.3 is 0 Å². The van der Waals surface area contributed by atoms with Crippen LogP contribution in [0.2, 0.25) is 0 Å². The molecule has 3 rings (SSSR count). The maximum absolute atomic E-state index is 12.0. The predicted octanol–water partition coefficient (Wildman–Crippen LogP) is 0.133. The zero-order valence-electron chi connectivity index (χ0n) is 10.5. The molecule has 2 N–H and O–H groups in total. The normalized spacial score (nSPS) is 21.2. The highest BCUT2D eigenvalue weighted by molar-refractivity contribution is 5.94. The van der Waals surface area contributed by atoms with Crippen molar-refractivity contribution in [2.75, 3.05) is 33.1 Å². The molecule has 0 radical (unpaired) electrons. The number of rotatable bonds is 3. The Hall–Kier alpha value is -1.79. The number of benzene rings is 1. The monoisotopic (exact) mass is 264 g/mol. The van der Waals surface area contributed by atoms with Crippen LogP contribution in [0.1, 0.15) is 10.4 Å². The van der Waals surface area contributed by atoms with Crippen LogP contribution in [0.25, 0.3) is 0 Å². The van der Waals surface area contributed by atoms with Gasteiger partial charge < -0.3 is 24.8 Å².